The van der Waals surface area contributed by atoms with Crippen molar-refractivity contribution in [2.75, 3.05) is 5.32 Å². The van der Waals surface area contributed by atoms with E-state index in [1.54, 1.807) is 12.1 Å². The van der Waals surface area contributed by atoms with Crippen molar-refractivity contribution < 1.29 is 9.59 Å². The summed E-state index contributed by atoms with van der Waals surface area (Å²) in [7, 11) is 0. The van der Waals surface area contributed by atoms with Crippen LogP contribution in [0.3, 0.4) is 0 Å². The summed E-state index contributed by atoms with van der Waals surface area (Å²) in [6.45, 7) is 3.74. The summed E-state index contributed by atoms with van der Waals surface area (Å²) < 4.78 is 0. The van der Waals surface area contributed by atoms with Gasteiger partial charge in [0.25, 0.3) is 5.91 Å². The number of amides is 2. The molecule has 4 nitrogen and oxygen atoms in total. The highest BCUT2D eigenvalue weighted by atomic mass is 16.2. The molecular weight excluding hydrogens is 276 g/mol. The molecule has 0 spiro atoms. The van der Waals surface area contributed by atoms with E-state index in [1.165, 1.54) is 0 Å². The minimum Gasteiger partial charge on any atom is -0.346 e. The third-order valence-corrected chi connectivity index (χ3v) is 3.40. The van der Waals surface area contributed by atoms with Crippen LogP contribution in [0.25, 0.3) is 0 Å². The van der Waals surface area contributed by atoms with Crippen LogP contribution in [0.1, 0.15) is 42.2 Å². The van der Waals surface area contributed by atoms with Crippen LogP contribution in [-0.4, -0.2) is 11.8 Å². The van der Waals surface area contributed by atoms with Crippen LogP contribution in [0.5, 0.6) is 0 Å². The van der Waals surface area contributed by atoms with Gasteiger partial charge in [0.05, 0.1) is 6.04 Å². The first-order valence-corrected chi connectivity index (χ1v) is 7.36. The maximum Gasteiger partial charge on any atom is 0.251 e. The van der Waals surface area contributed by atoms with E-state index in [9.17, 15) is 9.59 Å². The van der Waals surface area contributed by atoms with E-state index in [0.29, 0.717) is 12.0 Å². The second-order valence-electron chi connectivity index (χ2n) is 5.08. The van der Waals surface area contributed by atoms with Gasteiger partial charge in [0.15, 0.2) is 0 Å². The van der Waals surface area contributed by atoms with Gasteiger partial charge in [0.1, 0.15) is 0 Å². The van der Waals surface area contributed by atoms with Crippen LogP contribution in [0.15, 0.2) is 54.6 Å². The molecule has 2 aromatic carbocycles. The predicted molar refractivity (Wildman–Crippen MR) is 87.7 cm³/mol. The predicted octanol–water partition coefficient (Wildman–Crippen LogP) is 3.53. The molecule has 0 heterocycles. The number of carbonyl (C=O) groups is 2. The summed E-state index contributed by atoms with van der Waals surface area (Å²) in [5.41, 5.74) is 2.39. The van der Waals surface area contributed by atoms with Crippen molar-refractivity contribution in [3.05, 3.63) is 65.7 Å². The summed E-state index contributed by atoms with van der Waals surface area (Å²) in [4.78, 5) is 23.4. The lowest BCUT2D eigenvalue weighted by atomic mass is 10.1. The minimum atomic E-state index is -0.108. The van der Waals surface area contributed by atoms with Crippen molar-refractivity contribution in [2.24, 2.45) is 0 Å². The van der Waals surface area contributed by atoms with Crippen molar-refractivity contribution in [1.29, 1.82) is 0 Å². The zero-order valence-corrected chi connectivity index (χ0v) is 12.8. The van der Waals surface area contributed by atoms with Crippen LogP contribution in [-0.2, 0) is 4.79 Å². The fraction of sp³-hybridized carbons (Fsp3) is 0.222. The summed E-state index contributed by atoms with van der Waals surface area (Å²) in [5, 5.41) is 5.76. The third-order valence-electron chi connectivity index (χ3n) is 3.40. The number of hydrogen-bond donors (Lipinski definition) is 2. The summed E-state index contributed by atoms with van der Waals surface area (Å²) >= 11 is 0. The molecule has 0 saturated carbocycles. The highest BCUT2D eigenvalue weighted by Gasteiger charge is 2.11. The molecule has 114 valence electrons. The van der Waals surface area contributed by atoms with E-state index >= 15 is 0 Å². The minimum absolute atomic E-state index is 0.0156. The highest BCUT2D eigenvalue weighted by molar-refractivity contribution is 5.94. The van der Waals surface area contributed by atoms with Gasteiger partial charge in [-0.25, -0.2) is 0 Å². The van der Waals surface area contributed by atoms with Gasteiger partial charge in [-0.05, 0) is 36.8 Å². The SMILES string of the molecule is CCC(=O)Nc1ccc(C(C)NC(=O)c2ccccc2)cc1. The van der Waals surface area contributed by atoms with Gasteiger partial charge < -0.3 is 10.6 Å². The smallest absolute Gasteiger partial charge is 0.251 e. The maximum absolute atomic E-state index is 12.1. The van der Waals surface area contributed by atoms with Gasteiger partial charge in [0, 0.05) is 17.7 Å². The highest BCUT2D eigenvalue weighted by Crippen LogP contribution is 2.17. The molecule has 0 radical (unpaired) electrons. The van der Waals surface area contributed by atoms with E-state index in [1.807, 2.05) is 56.3 Å². The number of anilines is 1. The van der Waals surface area contributed by atoms with Crippen molar-refractivity contribution >= 4 is 17.5 Å². The first kappa shape index (κ1) is 15.8. The molecule has 1 atom stereocenters. The molecule has 0 bridgehead atoms. The second kappa shape index (κ2) is 7.41. The summed E-state index contributed by atoms with van der Waals surface area (Å²) in [6, 6.07) is 16.5. The van der Waals surface area contributed by atoms with Gasteiger partial charge in [-0.1, -0.05) is 37.3 Å². The molecule has 0 fully saturated rings. The Labute approximate surface area is 130 Å². The zero-order valence-electron chi connectivity index (χ0n) is 12.8. The van der Waals surface area contributed by atoms with E-state index in [2.05, 4.69) is 10.6 Å². The first-order chi connectivity index (χ1) is 10.6. The van der Waals surface area contributed by atoms with Gasteiger partial charge in [-0.3, -0.25) is 9.59 Å². The molecule has 0 aliphatic heterocycles. The van der Waals surface area contributed by atoms with Gasteiger partial charge in [-0.15, -0.1) is 0 Å². The number of benzene rings is 2. The Morgan fingerprint density at radius 3 is 2.23 bits per heavy atom. The molecular formula is C18H20N2O2. The van der Waals surface area contributed by atoms with Gasteiger partial charge in [-0.2, -0.15) is 0 Å². The Morgan fingerprint density at radius 1 is 1.00 bits per heavy atom. The number of nitrogens with one attached hydrogen (secondary N) is 2. The summed E-state index contributed by atoms with van der Waals surface area (Å²) in [5.74, 6) is -0.116. The van der Waals surface area contributed by atoms with Crippen molar-refractivity contribution in [1.82, 2.24) is 5.32 Å². The number of rotatable bonds is 5. The molecule has 2 N–H and O–H groups in total. The second-order valence-corrected chi connectivity index (χ2v) is 5.08. The van der Waals surface area contributed by atoms with E-state index in [-0.39, 0.29) is 17.9 Å². The Hall–Kier alpha value is -2.62. The summed E-state index contributed by atoms with van der Waals surface area (Å²) in [6.07, 6.45) is 0.450. The Balaban J connectivity index is 1.99. The van der Waals surface area contributed by atoms with E-state index in [0.717, 1.165) is 11.3 Å². The third kappa shape index (κ3) is 4.19. The molecule has 0 aliphatic rings. The topological polar surface area (TPSA) is 58.2 Å². The van der Waals surface area contributed by atoms with Crippen molar-refractivity contribution in [2.45, 2.75) is 26.3 Å². The van der Waals surface area contributed by atoms with E-state index < -0.39 is 0 Å². The molecule has 22 heavy (non-hydrogen) atoms. The normalized spacial score (nSPS) is 11.5. The van der Waals surface area contributed by atoms with Crippen LogP contribution in [0.4, 0.5) is 5.69 Å². The zero-order chi connectivity index (χ0) is 15.9. The first-order valence-electron chi connectivity index (χ1n) is 7.36. The Bertz CT molecular complexity index is 636. The fourth-order valence-corrected chi connectivity index (χ4v) is 2.06. The van der Waals surface area contributed by atoms with Gasteiger partial charge >= 0.3 is 0 Å². The molecule has 4 heteroatoms. The van der Waals surface area contributed by atoms with Gasteiger partial charge in [0.2, 0.25) is 5.91 Å². The molecule has 2 aromatic rings. The quantitative estimate of drug-likeness (QED) is 0.887. The Kier molecular flexibility index (Phi) is 5.31. The average Bonchev–Trinajstić information content (AvgIpc) is 2.56. The monoisotopic (exact) mass is 296 g/mol. The molecule has 0 aliphatic carbocycles. The van der Waals surface area contributed by atoms with E-state index in [4.69, 9.17) is 0 Å². The van der Waals surface area contributed by atoms with Crippen LogP contribution in [0, 0.1) is 0 Å². The molecule has 0 aromatic heterocycles. The van der Waals surface area contributed by atoms with Crippen LogP contribution in [0.2, 0.25) is 0 Å². The molecule has 2 rings (SSSR count). The molecule has 1 unspecified atom stereocenters. The Morgan fingerprint density at radius 2 is 1.64 bits per heavy atom. The standard InChI is InChI=1S/C18H20N2O2/c1-3-17(21)20-16-11-9-14(10-12-16)13(2)19-18(22)15-7-5-4-6-8-15/h4-13H,3H2,1-2H3,(H,19,22)(H,20,21). The largest absolute Gasteiger partial charge is 0.346 e. The number of carbonyl (C=O) groups excluding carboxylic acids is 2. The fourth-order valence-electron chi connectivity index (χ4n) is 2.06. The van der Waals surface area contributed by atoms with Crippen molar-refractivity contribution in [3.8, 4) is 0 Å². The lowest BCUT2D eigenvalue weighted by molar-refractivity contribution is -0.115. The number of hydrogen-bond acceptors (Lipinski definition) is 2. The van der Waals surface area contributed by atoms with Crippen molar-refractivity contribution in [3.63, 3.8) is 0 Å². The van der Waals surface area contributed by atoms with Crippen LogP contribution < -0.4 is 10.6 Å². The lowest BCUT2D eigenvalue weighted by Crippen LogP contribution is -2.26. The lowest BCUT2D eigenvalue weighted by Gasteiger charge is -2.15. The van der Waals surface area contributed by atoms with Crippen LogP contribution >= 0.6 is 0 Å². The average molecular weight is 296 g/mol. The molecule has 2 amide bonds. The molecule has 0 saturated heterocycles. The maximum atomic E-state index is 12.1.